The molecule has 0 fully saturated rings. The molecule has 1 aromatic heterocycles. The number of nitrogens with one attached hydrogen (secondary N) is 2. The van der Waals surface area contributed by atoms with Gasteiger partial charge in [0.2, 0.25) is 5.91 Å². The van der Waals surface area contributed by atoms with Gasteiger partial charge in [-0.15, -0.1) is 5.10 Å². The van der Waals surface area contributed by atoms with Gasteiger partial charge in [0.25, 0.3) is 5.91 Å². The zero-order chi connectivity index (χ0) is 21.1. The van der Waals surface area contributed by atoms with Crippen molar-refractivity contribution in [2.45, 2.75) is 27.3 Å². The van der Waals surface area contributed by atoms with Gasteiger partial charge in [-0.3, -0.25) is 9.59 Å². The molecule has 2 N–H and O–H groups in total. The maximum absolute atomic E-state index is 13.7. The van der Waals surface area contributed by atoms with Gasteiger partial charge in [0.15, 0.2) is 5.69 Å². The van der Waals surface area contributed by atoms with Gasteiger partial charge in [-0.25, -0.2) is 9.07 Å². The largest absolute Gasteiger partial charge is 0.324 e. The van der Waals surface area contributed by atoms with E-state index >= 15 is 0 Å². The van der Waals surface area contributed by atoms with Crippen LogP contribution in [0.3, 0.4) is 0 Å². The van der Waals surface area contributed by atoms with E-state index in [1.54, 1.807) is 44.2 Å². The molecule has 29 heavy (non-hydrogen) atoms. The van der Waals surface area contributed by atoms with Crippen molar-refractivity contribution in [1.82, 2.24) is 15.0 Å². The molecule has 2 amide bonds. The number of carbonyl (C=O) groups excluding carboxylic acids is 2. The summed E-state index contributed by atoms with van der Waals surface area (Å²) in [4.78, 5) is 24.8. The first-order chi connectivity index (χ1) is 13.7. The van der Waals surface area contributed by atoms with E-state index in [1.807, 2.05) is 6.92 Å². The Labute approximate surface area is 171 Å². The predicted molar refractivity (Wildman–Crippen MR) is 109 cm³/mol. The summed E-state index contributed by atoms with van der Waals surface area (Å²) in [6.45, 7) is 4.98. The number of halogens is 2. The van der Waals surface area contributed by atoms with Gasteiger partial charge < -0.3 is 10.6 Å². The number of rotatable bonds is 5. The highest BCUT2D eigenvalue weighted by Crippen LogP contribution is 2.20. The molecule has 0 saturated carbocycles. The van der Waals surface area contributed by atoms with Crippen LogP contribution in [0.5, 0.6) is 0 Å². The Morgan fingerprint density at radius 3 is 2.52 bits per heavy atom. The van der Waals surface area contributed by atoms with Crippen LogP contribution in [-0.2, 0) is 11.3 Å². The van der Waals surface area contributed by atoms with E-state index < -0.39 is 11.7 Å². The number of benzene rings is 2. The monoisotopic (exact) mass is 415 g/mol. The Morgan fingerprint density at radius 2 is 1.79 bits per heavy atom. The van der Waals surface area contributed by atoms with Crippen molar-refractivity contribution in [3.8, 4) is 0 Å². The van der Waals surface area contributed by atoms with Gasteiger partial charge in [0.1, 0.15) is 12.4 Å². The highest BCUT2D eigenvalue weighted by atomic mass is 35.5. The smallest absolute Gasteiger partial charge is 0.278 e. The molecule has 7 nitrogen and oxygen atoms in total. The van der Waals surface area contributed by atoms with E-state index in [0.717, 1.165) is 5.56 Å². The second-order valence-electron chi connectivity index (χ2n) is 6.61. The average Bonchev–Trinajstić information content (AvgIpc) is 3.02. The maximum Gasteiger partial charge on any atom is 0.278 e. The minimum absolute atomic E-state index is 0.0534. The van der Waals surface area contributed by atoms with Crippen LogP contribution in [-0.4, -0.2) is 26.8 Å². The number of anilines is 2. The normalized spacial score (nSPS) is 10.7. The van der Waals surface area contributed by atoms with E-state index in [0.29, 0.717) is 27.7 Å². The summed E-state index contributed by atoms with van der Waals surface area (Å²) in [5, 5.41) is 13.6. The van der Waals surface area contributed by atoms with E-state index in [4.69, 9.17) is 11.6 Å². The number of hydrogen-bond acceptors (Lipinski definition) is 4. The lowest BCUT2D eigenvalue weighted by Crippen LogP contribution is -2.21. The van der Waals surface area contributed by atoms with Crippen LogP contribution < -0.4 is 10.6 Å². The molecule has 2 aromatic carbocycles. The van der Waals surface area contributed by atoms with Gasteiger partial charge in [-0.05, 0) is 56.2 Å². The van der Waals surface area contributed by atoms with Crippen LogP contribution in [0.2, 0.25) is 5.02 Å². The van der Waals surface area contributed by atoms with Gasteiger partial charge in [0, 0.05) is 16.4 Å². The fourth-order valence-electron chi connectivity index (χ4n) is 2.64. The third-order valence-corrected chi connectivity index (χ3v) is 4.63. The second-order valence-corrected chi connectivity index (χ2v) is 7.04. The lowest BCUT2D eigenvalue weighted by Gasteiger charge is -2.09. The second kappa shape index (κ2) is 8.40. The Bertz CT molecular complexity index is 1100. The molecule has 150 valence electrons. The molecule has 0 saturated heterocycles. The van der Waals surface area contributed by atoms with Crippen molar-refractivity contribution >= 4 is 34.8 Å². The van der Waals surface area contributed by atoms with E-state index in [9.17, 15) is 14.0 Å². The number of aromatic nitrogens is 3. The van der Waals surface area contributed by atoms with Gasteiger partial charge in [-0.2, -0.15) is 0 Å². The number of carbonyl (C=O) groups is 2. The number of nitrogens with zero attached hydrogens (tertiary/aromatic N) is 3. The minimum atomic E-state index is -0.539. The molecule has 0 aliphatic carbocycles. The summed E-state index contributed by atoms with van der Waals surface area (Å²) in [5.41, 5.74) is 2.71. The quantitative estimate of drug-likeness (QED) is 0.661. The molecule has 0 spiro atoms. The molecule has 0 aliphatic rings. The SMILES string of the molecule is Cc1ccc(NC(=O)c2nnn(CC(=O)Nc3cc(Cl)ccc3C)c2C)cc1F. The highest BCUT2D eigenvalue weighted by molar-refractivity contribution is 6.31. The van der Waals surface area contributed by atoms with E-state index in [1.165, 1.54) is 10.7 Å². The van der Waals surface area contributed by atoms with Gasteiger partial charge in [0.05, 0.1) is 5.69 Å². The molecular formula is C20H19ClFN5O2. The van der Waals surface area contributed by atoms with Crippen LogP contribution >= 0.6 is 11.6 Å². The first kappa shape index (κ1) is 20.5. The molecular weight excluding hydrogens is 397 g/mol. The van der Waals surface area contributed by atoms with Crippen molar-refractivity contribution < 1.29 is 14.0 Å². The zero-order valence-corrected chi connectivity index (χ0v) is 16.8. The molecule has 3 aromatic rings. The maximum atomic E-state index is 13.7. The molecule has 0 aliphatic heterocycles. The van der Waals surface area contributed by atoms with Crippen molar-refractivity contribution in [2.75, 3.05) is 10.6 Å². The summed E-state index contributed by atoms with van der Waals surface area (Å²) in [6, 6.07) is 9.58. The van der Waals surface area contributed by atoms with Crippen LogP contribution in [0.15, 0.2) is 36.4 Å². The van der Waals surface area contributed by atoms with Crippen LogP contribution in [0, 0.1) is 26.6 Å². The fourth-order valence-corrected chi connectivity index (χ4v) is 2.81. The first-order valence-electron chi connectivity index (χ1n) is 8.78. The van der Waals surface area contributed by atoms with Crippen molar-refractivity contribution in [1.29, 1.82) is 0 Å². The predicted octanol–water partition coefficient (Wildman–Crippen LogP) is 3.89. The van der Waals surface area contributed by atoms with E-state index in [2.05, 4.69) is 20.9 Å². The lowest BCUT2D eigenvalue weighted by atomic mass is 10.2. The van der Waals surface area contributed by atoms with E-state index in [-0.39, 0.29) is 18.1 Å². The zero-order valence-electron chi connectivity index (χ0n) is 16.1. The molecule has 1 heterocycles. The topological polar surface area (TPSA) is 88.9 Å². The van der Waals surface area contributed by atoms with Gasteiger partial charge in [-0.1, -0.05) is 28.9 Å². The Hall–Kier alpha value is -3.26. The Balaban J connectivity index is 1.69. The number of hydrogen-bond donors (Lipinski definition) is 2. The molecule has 0 unspecified atom stereocenters. The lowest BCUT2D eigenvalue weighted by molar-refractivity contribution is -0.117. The van der Waals surface area contributed by atoms with Crippen molar-refractivity contribution in [2.24, 2.45) is 0 Å². The summed E-state index contributed by atoms with van der Waals surface area (Å²) in [7, 11) is 0. The van der Waals surface area contributed by atoms with Crippen molar-refractivity contribution in [3.05, 3.63) is 69.8 Å². The highest BCUT2D eigenvalue weighted by Gasteiger charge is 2.18. The van der Waals surface area contributed by atoms with Crippen LogP contribution in [0.1, 0.15) is 27.3 Å². The van der Waals surface area contributed by atoms with Crippen molar-refractivity contribution in [3.63, 3.8) is 0 Å². The molecule has 0 bridgehead atoms. The molecule has 3 rings (SSSR count). The summed E-state index contributed by atoms with van der Waals surface area (Å²) in [6.07, 6.45) is 0. The Morgan fingerprint density at radius 1 is 1.07 bits per heavy atom. The third-order valence-electron chi connectivity index (χ3n) is 4.39. The molecule has 0 atom stereocenters. The number of aryl methyl sites for hydroxylation is 2. The summed E-state index contributed by atoms with van der Waals surface area (Å²) in [5.74, 6) is -1.30. The van der Waals surface area contributed by atoms with Gasteiger partial charge >= 0.3 is 0 Å². The van der Waals surface area contributed by atoms with Crippen LogP contribution in [0.4, 0.5) is 15.8 Å². The average molecular weight is 416 g/mol. The van der Waals surface area contributed by atoms with Crippen LogP contribution in [0.25, 0.3) is 0 Å². The molecule has 0 radical (unpaired) electrons. The number of amides is 2. The fraction of sp³-hybridized carbons (Fsp3) is 0.200. The minimum Gasteiger partial charge on any atom is -0.324 e. The summed E-state index contributed by atoms with van der Waals surface area (Å²) >= 11 is 5.96. The summed E-state index contributed by atoms with van der Waals surface area (Å²) < 4.78 is 15.0. The first-order valence-corrected chi connectivity index (χ1v) is 9.16. The Kier molecular flexibility index (Phi) is 5.93. The molecule has 9 heteroatoms. The third kappa shape index (κ3) is 4.78. The standard InChI is InChI=1S/C20H19ClFN5O2/c1-11-5-7-15(9-16(11)22)23-20(29)19-13(3)27(26-25-19)10-18(28)24-17-8-14(21)6-4-12(17)2/h4-9H,10H2,1-3H3,(H,23,29)(H,24,28).